The van der Waals surface area contributed by atoms with Crippen LogP contribution in [0.1, 0.15) is 29.2 Å². The Morgan fingerprint density at radius 2 is 1.80 bits per heavy atom. The monoisotopic (exact) mass is 395 g/mol. The average Bonchev–Trinajstić information content (AvgIpc) is 3.13. The Morgan fingerprint density at radius 3 is 2.63 bits per heavy atom. The lowest BCUT2D eigenvalue weighted by molar-refractivity contribution is 0.268. The molecule has 0 fully saturated rings. The van der Waals surface area contributed by atoms with Gasteiger partial charge in [-0.15, -0.1) is 0 Å². The minimum Gasteiger partial charge on any atom is -0.494 e. The van der Waals surface area contributed by atoms with Crippen LogP contribution in [-0.4, -0.2) is 33.8 Å². The van der Waals surface area contributed by atoms with Crippen molar-refractivity contribution >= 4 is 22.3 Å². The third-order valence-corrected chi connectivity index (χ3v) is 5.94. The first-order valence-electron chi connectivity index (χ1n) is 10.5. The standard InChI is InChI=1S/C26H25N3O/c1-2-29-15-14-19-16-21(13-12-20(19)17-29)27-25(18-8-4-3-5-9-18)24-22-10-6-7-11-23(22)28-26(24)30/h3-13,16,28,30H,2,14-15,17H2,1H3. The van der Waals surface area contributed by atoms with Crippen LogP contribution in [0, 0.1) is 0 Å². The number of aromatic amines is 1. The van der Waals surface area contributed by atoms with E-state index in [2.05, 4.69) is 35.0 Å². The van der Waals surface area contributed by atoms with Crippen LogP contribution in [-0.2, 0) is 13.0 Å². The molecule has 0 atom stereocenters. The third kappa shape index (κ3) is 3.40. The molecule has 0 unspecified atom stereocenters. The maximum Gasteiger partial charge on any atom is 0.199 e. The van der Waals surface area contributed by atoms with E-state index in [4.69, 9.17) is 4.99 Å². The molecule has 0 spiro atoms. The Balaban J connectivity index is 1.65. The van der Waals surface area contributed by atoms with E-state index in [1.165, 1.54) is 11.1 Å². The summed E-state index contributed by atoms with van der Waals surface area (Å²) in [5.41, 5.74) is 7.08. The number of likely N-dealkylation sites (N-methyl/N-ethyl adjacent to an activating group) is 1. The van der Waals surface area contributed by atoms with Crippen molar-refractivity contribution in [1.29, 1.82) is 0 Å². The predicted octanol–water partition coefficient (Wildman–Crippen LogP) is 5.42. The molecule has 4 aromatic rings. The van der Waals surface area contributed by atoms with E-state index in [-0.39, 0.29) is 5.88 Å². The summed E-state index contributed by atoms with van der Waals surface area (Å²) in [6.07, 6.45) is 1.05. The summed E-state index contributed by atoms with van der Waals surface area (Å²) in [5, 5.41) is 11.7. The summed E-state index contributed by atoms with van der Waals surface area (Å²) in [7, 11) is 0. The van der Waals surface area contributed by atoms with Crippen molar-refractivity contribution in [3.05, 3.63) is 95.1 Å². The molecule has 150 valence electrons. The molecule has 0 amide bonds. The number of aliphatic imine (C=N–C) groups is 1. The second kappa shape index (κ2) is 7.81. The Kier molecular flexibility index (Phi) is 4.85. The molecule has 4 nitrogen and oxygen atoms in total. The topological polar surface area (TPSA) is 51.6 Å². The zero-order chi connectivity index (χ0) is 20.5. The van der Waals surface area contributed by atoms with E-state index in [0.29, 0.717) is 0 Å². The van der Waals surface area contributed by atoms with Crippen LogP contribution < -0.4 is 0 Å². The molecule has 3 aromatic carbocycles. The molecule has 5 rings (SSSR count). The molecule has 4 heteroatoms. The van der Waals surface area contributed by atoms with Gasteiger partial charge in [0.25, 0.3) is 0 Å². The number of aromatic nitrogens is 1. The highest BCUT2D eigenvalue weighted by Crippen LogP contribution is 2.32. The van der Waals surface area contributed by atoms with E-state index < -0.39 is 0 Å². The number of aromatic hydroxyl groups is 1. The van der Waals surface area contributed by atoms with Gasteiger partial charge in [-0.1, -0.05) is 61.5 Å². The van der Waals surface area contributed by atoms with Crippen LogP contribution in [0.4, 0.5) is 5.69 Å². The van der Waals surface area contributed by atoms with Gasteiger partial charge in [-0.25, -0.2) is 4.99 Å². The maximum atomic E-state index is 10.8. The van der Waals surface area contributed by atoms with E-state index >= 15 is 0 Å². The molecular weight excluding hydrogens is 370 g/mol. The van der Waals surface area contributed by atoms with Gasteiger partial charge in [0.2, 0.25) is 0 Å². The van der Waals surface area contributed by atoms with Crippen molar-refractivity contribution in [2.75, 3.05) is 13.1 Å². The lowest BCUT2D eigenvalue weighted by Crippen LogP contribution is -2.30. The minimum atomic E-state index is 0.148. The fraction of sp³-hybridized carbons (Fsp3) is 0.192. The highest BCUT2D eigenvalue weighted by molar-refractivity contribution is 6.21. The number of benzene rings is 3. The first-order valence-corrected chi connectivity index (χ1v) is 10.5. The molecule has 0 radical (unpaired) electrons. The van der Waals surface area contributed by atoms with Gasteiger partial charge < -0.3 is 10.1 Å². The van der Waals surface area contributed by atoms with Crippen molar-refractivity contribution in [3.8, 4) is 5.88 Å². The first kappa shape index (κ1) is 18.6. The number of nitrogens with zero attached hydrogens (tertiary/aromatic N) is 2. The van der Waals surface area contributed by atoms with Crippen LogP contribution in [0.5, 0.6) is 5.88 Å². The van der Waals surface area contributed by atoms with E-state index in [0.717, 1.165) is 59.5 Å². The molecule has 1 aliphatic heterocycles. The SMILES string of the molecule is CCN1CCc2cc(N=C(c3ccccc3)c3c(O)[nH]c4ccccc34)ccc2C1. The number of H-pyrrole nitrogens is 1. The average molecular weight is 396 g/mol. The smallest absolute Gasteiger partial charge is 0.199 e. The molecule has 0 bridgehead atoms. The molecule has 30 heavy (non-hydrogen) atoms. The highest BCUT2D eigenvalue weighted by Gasteiger charge is 2.19. The molecule has 0 saturated carbocycles. The summed E-state index contributed by atoms with van der Waals surface area (Å²) in [5.74, 6) is 0.148. The second-order valence-electron chi connectivity index (χ2n) is 7.79. The number of nitrogens with one attached hydrogen (secondary N) is 1. The maximum absolute atomic E-state index is 10.8. The predicted molar refractivity (Wildman–Crippen MR) is 123 cm³/mol. The van der Waals surface area contributed by atoms with Crippen molar-refractivity contribution < 1.29 is 5.11 Å². The molecule has 1 aromatic heterocycles. The summed E-state index contributed by atoms with van der Waals surface area (Å²) in [6, 6.07) is 24.5. The summed E-state index contributed by atoms with van der Waals surface area (Å²) in [6.45, 7) is 5.39. The number of rotatable bonds is 4. The van der Waals surface area contributed by atoms with E-state index in [1.54, 1.807) is 0 Å². The number of hydrogen-bond acceptors (Lipinski definition) is 3. The molecule has 2 heterocycles. The normalized spacial score (nSPS) is 14.8. The second-order valence-corrected chi connectivity index (χ2v) is 7.79. The molecule has 0 aliphatic carbocycles. The number of fused-ring (bicyclic) bond motifs is 2. The van der Waals surface area contributed by atoms with E-state index in [9.17, 15) is 5.11 Å². The van der Waals surface area contributed by atoms with Gasteiger partial charge >= 0.3 is 0 Å². The fourth-order valence-corrected chi connectivity index (χ4v) is 4.29. The van der Waals surface area contributed by atoms with Crippen LogP contribution in [0.2, 0.25) is 0 Å². The van der Waals surface area contributed by atoms with Crippen molar-refractivity contribution in [2.24, 2.45) is 4.99 Å². The summed E-state index contributed by atoms with van der Waals surface area (Å²) >= 11 is 0. The van der Waals surface area contributed by atoms with Crippen LogP contribution >= 0.6 is 0 Å². The van der Waals surface area contributed by atoms with Crippen molar-refractivity contribution in [3.63, 3.8) is 0 Å². The highest BCUT2D eigenvalue weighted by atomic mass is 16.3. The molecule has 0 saturated heterocycles. The zero-order valence-corrected chi connectivity index (χ0v) is 17.1. The largest absolute Gasteiger partial charge is 0.494 e. The zero-order valence-electron chi connectivity index (χ0n) is 17.1. The van der Waals surface area contributed by atoms with Crippen LogP contribution in [0.15, 0.2) is 77.8 Å². The first-order chi connectivity index (χ1) is 14.7. The third-order valence-electron chi connectivity index (χ3n) is 5.94. The number of para-hydroxylation sites is 1. The van der Waals surface area contributed by atoms with Gasteiger partial charge in [-0.05, 0) is 42.3 Å². The number of hydrogen-bond donors (Lipinski definition) is 2. The summed E-state index contributed by atoms with van der Waals surface area (Å²) < 4.78 is 0. The Labute approximate surface area is 176 Å². The van der Waals surface area contributed by atoms with Gasteiger partial charge in [0.1, 0.15) is 0 Å². The minimum absolute atomic E-state index is 0.148. The Bertz CT molecular complexity index is 1220. The lowest BCUT2D eigenvalue weighted by Gasteiger charge is -2.27. The quantitative estimate of drug-likeness (QED) is 0.453. The van der Waals surface area contributed by atoms with Crippen molar-refractivity contribution in [1.82, 2.24) is 9.88 Å². The van der Waals surface area contributed by atoms with Gasteiger partial charge in [0.15, 0.2) is 5.88 Å². The van der Waals surface area contributed by atoms with Gasteiger partial charge in [-0.3, -0.25) is 4.90 Å². The lowest BCUT2D eigenvalue weighted by atomic mass is 9.98. The fourth-order valence-electron chi connectivity index (χ4n) is 4.29. The van der Waals surface area contributed by atoms with Gasteiger partial charge in [0, 0.05) is 29.6 Å². The molecule has 1 aliphatic rings. The molecular formula is C26H25N3O. The van der Waals surface area contributed by atoms with E-state index in [1.807, 2.05) is 54.6 Å². The van der Waals surface area contributed by atoms with Crippen LogP contribution in [0.3, 0.4) is 0 Å². The Hall–Kier alpha value is -3.37. The van der Waals surface area contributed by atoms with Gasteiger partial charge in [0.05, 0.1) is 17.0 Å². The molecule has 2 N–H and O–H groups in total. The summed E-state index contributed by atoms with van der Waals surface area (Å²) in [4.78, 5) is 10.6. The van der Waals surface area contributed by atoms with Gasteiger partial charge in [-0.2, -0.15) is 0 Å². The van der Waals surface area contributed by atoms with Crippen LogP contribution in [0.25, 0.3) is 10.9 Å². The Morgan fingerprint density at radius 1 is 1.00 bits per heavy atom. The van der Waals surface area contributed by atoms with Crippen molar-refractivity contribution in [2.45, 2.75) is 19.9 Å².